The van der Waals surface area contributed by atoms with Crippen molar-refractivity contribution < 1.29 is 9.50 Å². The predicted octanol–water partition coefficient (Wildman–Crippen LogP) is 3.01. The number of rotatable bonds is 2. The second kappa shape index (κ2) is 6.58. The summed E-state index contributed by atoms with van der Waals surface area (Å²) in [7, 11) is 0. The van der Waals surface area contributed by atoms with Crippen LogP contribution in [0.5, 0.6) is 0 Å². The highest BCUT2D eigenvalue weighted by molar-refractivity contribution is 5.77. The van der Waals surface area contributed by atoms with E-state index in [9.17, 15) is 14.3 Å². The molecule has 8 nitrogen and oxygen atoms in total. The molecule has 6 rings (SSSR count). The van der Waals surface area contributed by atoms with E-state index in [0.29, 0.717) is 41.1 Å². The van der Waals surface area contributed by atoms with Gasteiger partial charge >= 0.3 is 5.69 Å². The van der Waals surface area contributed by atoms with Crippen molar-refractivity contribution in [1.82, 2.24) is 29.1 Å². The first-order valence-corrected chi connectivity index (χ1v) is 9.97. The lowest BCUT2D eigenvalue weighted by molar-refractivity contribution is 0.147. The molecular formula is C22H17FN6O2. The molecule has 3 aromatic heterocycles. The molecule has 0 amide bonds. The Morgan fingerprint density at radius 3 is 2.87 bits per heavy atom. The Morgan fingerprint density at radius 1 is 1.10 bits per heavy atom. The average Bonchev–Trinajstić information content (AvgIpc) is 3.34. The minimum Gasteiger partial charge on any atom is -0.388 e. The smallest absolute Gasteiger partial charge is 0.328 e. The number of fused-ring (bicyclic) bond motifs is 3. The van der Waals surface area contributed by atoms with Crippen LogP contribution in [0.25, 0.3) is 28.1 Å². The van der Waals surface area contributed by atoms with Crippen LogP contribution in [0.3, 0.4) is 0 Å². The molecule has 0 aliphatic heterocycles. The third-order valence-electron chi connectivity index (χ3n) is 5.91. The number of benzene rings is 2. The van der Waals surface area contributed by atoms with Crippen LogP contribution >= 0.6 is 0 Å². The molecule has 0 fully saturated rings. The molecule has 9 heteroatoms. The molecular weight excluding hydrogens is 399 g/mol. The van der Waals surface area contributed by atoms with Gasteiger partial charge in [0.1, 0.15) is 17.7 Å². The van der Waals surface area contributed by atoms with Gasteiger partial charge in [0.25, 0.3) is 0 Å². The van der Waals surface area contributed by atoms with Crippen LogP contribution in [0.4, 0.5) is 4.39 Å². The summed E-state index contributed by atoms with van der Waals surface area (Å²) in [6, 6.07) is 11.5. The van der Waals surface area contributed by atoms with Crippen molar-refractivity contribution in [2.45, 2.75) is 25.0 Å². The number of nitrogens with zero attached hydrogens (tertiary/aromatic N) is 5. The summed E-state index contributed by atoms with van der Waals surface area (Å²) in [5.41, 5.74) is 3.44. The zero-order valence-corrected chi connectivity index (χ0v) is 16.2. The van der Waals surface area contributed by atoms with Crippen molar-refractivity contribution in [2.75, 3.05) is 0 Å². The SMILES string of the molecule is O=c1[nH]c2cnc(-n3cnc4ccccc43)nc2n1C1CC[C@@H](O)c2ccc(F)cc21. The molecule has 0 radical (unpaired) electrons. The van der Waals surface area contributed by atoms with Gasteiger partial charge in [0.15, 0.2) is 5.65 Å². The second-order valence-corrected chi connectivity index (χ2v) is 7.69. The van der Waals surface area contributed by atoms with Crippen LogP contribution in [-0.2, 0) is 0 Å². The van der Waals surface area contributed by atoms with E-state index >= 15 is 0 Å². The largest absolute Gasteiger partial charge is 0.388 e. The van der Waals surface area contributed by atoms with Gasteiger partial charge in [-0.25, -0.2) is 19.2 Å². The van der Waals surface area contributed by atoms with Gasteiger partial charge in [-0.05, 0) is 48.2 Å². The van der Waals surface area contributed by atoms with Gasteiger partial charge in [-0.15, -0.1) is 0 Å². The van der Waals surface area contributed by atoms with Gasteiger partial charge in [-0.2, -0.15) is 4.98 Å². The van der Waals surface area contributed by atoms with Crippen LogP contribution in [0.15, 0.2) is 59.8 Å². The highest BCUT2D eigenvalue weighted by Gasteiger charge is 2.30. The van der Waals surface area contributed by atoms with E-state index < -0.39 is 18.0 Å². The number of H-pyrrole nitrogens is 1. The van der Waals surface area contributed by atoms with Crippen LogP contribution in [0.1, 0.15) is 36.1 Å². The summed E-state index contributed by atoms with van der Waals surface area (Å²) in [6.45, 7) is 0. The molecule has 0 spiro atoms. The zero-order valence-electron chi connectivity index (χ0n) is 16.2. The molecule has 3 heterocycles. The monoisotopic (exact) mass is 416 g/mol. The summed E-state index contributed by atoms with van der Waals surface area (Å²) in [6.07, 6.45) is 3.47. The fraction of sp³-hybridized carbons (Fsp3) is 0.182. The standard InChI is InChI=1S/C22H17FN6O2/c23-12-5-6-13-14(9-12)17(7-8-19(13)30)29-20-16(26-22(29)31)10-24-21(27-20)28-11-25-15-3-1-2-4-18(15)28/h1-6,9-11,17,19,30H,7-8H2,(H,26,31)/t17?,19-/m1/s1. The Morgan fingerprint density at radius 2 is 1.97 bits per heavy atom. The number of aliphatic hydroxyl groups is 1. The van der Waals surface area contributed by atoms with Gasteiger partial charge in [0.05, 0.1) is 29.4 Å². The molecule has 0 saturated heterocycles. The van der Waals surface area contributed by atoms with Gasteiger partial charge in [-0.1, -0.05) is 18.2 Å². The van der Waals surface area contributed by atoms with Gasteiger partial charge < -0.3 is 10.1 Å². The van der Waals surface area contributed by atoms with Crippen molar-refractivity contribution in [1.29, 1.82) is 0 Å². The quantitative estimate of drug-likeness (QED) is 0.461. The van der Waals surface area contributed by atoms with E-state index in [-0.39, 0.29) is 5.69 Å². The minimum atomic E-state index is -0.685. The molecule has 2 aromatic carbocycles. The van der Waals surface area contributed by atoms with Gasteiger partial charge in [0.2, 0.25) is 5.95 Å². The van der Waals surface area contributed by atoms with Gasteiger partial charge in [-0.3, -0.25) is 9.13 Å². The summed E-state index contributed by atoms with van der Waals surface area (Å²) in [4.78, 5) is 29.1. The number of para-hydroxylation sites is 2. The fourth-order valence-electron chi connectivity index (χ4n) is 4.46. The lowest BCUT2D eigenvalue weighted by Gasteiger charge is -2.29. The van der Waals surface area contributed by atoms with Crippen LogP contribution in [0.2, 0.25) is 0 Å². The number of aromatic nitrogens is 6. The zero-order chi connectivity index (χ0) is 21.1. The Kier molecular flexibility index (Phi) is 3.81. The average molecular weight is 416 g/mol. The van der Waals surface area contributed by atoms with E-state index in [0.717, 1.165) is 11.0 Å². The Labute approximate surface area is 174 Å². The van der Waals surface area contributed by atoms with Crippen molar-refractivity contribution in [3.05, 3.63) is 82.4 Å². The third-order valence-corrected chi connectivity index (χ3v) is 5.91. The van der Waals surface area contributed by atoms with Crippen LogP contribution in [0, 0.1) is 5.82 Å². The van der Waals surface area contributed by atoms with Crippen molar-refractivity contribution in [3.8, 4) is 5.95 Å². The summed E-state index contributed by atoms with van der Waals surface area (Å²) >= 11 is 0. The first-order valence-electron chi connectivity index (χ1n) is 9.97. The second-order valence-electron chi connectivity index (χ2n) is 7.69. The number of aliphatic hydroxyl groups excluding tert-OH is 1. The molecule has 1 aliphatic rings. The summed E-state index contributed by atoms with van der Waals surface area (Å²) < 4.78 is 17.3. The van der Waals surface area contributed by atoms with Gasteiger partial charge in [0, 0.05) is 0 Å². The maximum absolute atomic E-state index is 14.0. The fourth-order valence-corrected chi connectivity index (χ4v) is 4.46. The molecule has 1 unspecified atom stereocenters. The summed E-state index contributed by atoms with van der Waals surface area (Å²) in [5.74, 6) is -0.0322. The molecule has 31 heavy (non-hydrogen) atoms. The Balaban J connectivity index is 1.56. The normalized spacial score (nSPS) is 18.5. The Hall–Kier alpha value is -3.85. The molecule has 0 saturated carbocycles. The molecule has 5 aromatic rings. The molecule has 154 valence electrons. The molecule has 2 atom stereocenters. The lowest BCUT2D eigenvalue weighted by Crippen LogP contribution is -2.28. The third kappa shape index (κ3) is 2.70. The Bertz CT molecular complexity index is 1520. The minimum absolute atomic E-state index is 0.353. The first kappa shape index (κ1) is 18.0. The maximum Gasteiger partial charge on any atom is 0.328 e. The summed E-state index contributed by atoms with van der Waals surface area (Å²) in [5, 5.41) is 10.4. The topological polar surface area (TPSA) is 102 Å². The maximum atomic E-state index is 14.0. The molecule has 2 N–H and O–H groups in total. The van der Waals surface area contributed by atoms with E-state index in [1.54, 1.807) is 23.2 Å². The highest BCUT2D eigenvalue weighted by Crippen LogP contribution is 2.39. The van der Waals surface area contributed by atoms with Crippen LogP contribution < -0.4 is 5.69 Å². The van der Waals surface area contributed by atoms with E-state index in [1.165, 1.54) is 16.7 Å². The van der Waals surface area contributed by atoms with E-state index in [1.807, 2.05) is 24.3 Å². The van der Waals surface area contributed by atoms with E-state index in [2.05, 4.69) is 19.9 Å². The number of nitrogens with one attached hydrogen (secondary N) is 1. The number of hydrogen-bond acceptors (Lipinski definition) is 5. The van der Waals surface area contributed by atoms with Crippen molar-refractivity contribution in [2.24, 2.45) is 0 Å². The number of halogens is 1. The first-order chi connectivity index (χ1) is 15.1. The van der Waals surface area contributed by atoms with Crippen LogP contribution in [-0.4, -0.2) is 34.2 Å². The van der Waals surface area contributed by atoms with Crippen molar-refractivity contribution >= 4 is 22.2 Å². The highest BCUT2D eigenvalue weighted by atomic mass is 19.1. The van der Waals surface area contributed by atoms with Crippen molar-refractivity contribution in [3.63, 3.8) is 0 Å². The predicted molar refractivity (Wildman–Crippen MR) is 112 cm³/mol. The number of imidazole rings is 2. The van der Waals surface area contributed by atoms with E-state index in [4.69, 9.17) is 0 Å². The molecule has 1 aliphatic carbocycles. The number of hydrogen-bond donors (Lipinski definition) is 2. The number of aromatic amines is 1. The lowest BCUT2D eigenvalue weighted by atomic mass is 9.85. The molecule has 0 bridgehead atoms.